The van der Waals surface area contributed by atoms with Crippen LogP contribution in [0.4, 0.5) is 11.4 Å². The minimum absolute atomic E-state index is 0.0437. The molecule has 128 valence electrons. The fourth-order valence-electron chi connectivity index (χ4n) is 3.94. The smallest absolute Gasteiger partial charge is 0.236 e. The first kappa shape index (κ1) is 16.1. The lowest BCUT2D eigenvalue weighted by atomic mass is 10.0. The van der Waals surface area contributed by atoms with Crippen LogP contribution < -0.4 is 4.90 Å². The van der Waals surface area contributed by atoms with Crippen LogP contribution in [-0.4, -0.2) is 11.6 Å². The Morgan fingerprint density at radius 1 is 1.12 bits per heavy atom. The molecule has 1 heterocycles. The van der Waals surface area contributed by atoms with Crippen molar-refractivity contribution in [3.8, 4) is 0 Å². The monoisotopic (exact) mass is 332 g/mol. The van der Waals surface area contributed by atoms with E-state index in [0.717, 1.165) is 36.3 Å². The van der Waals surface area contributed by atoms with Crippen molar-refractivity contribution in [1.82, 2.24) is 0 Å². The van der Waals surface area contributed by atoms with Gasteiger partial charge in [-0.3, -0.25) is 9.79 Å². The van der Waals surface area contributed by atoms with Crippen LogP contribution in [0.3, 0.4) is 0 Å². The molecule has 0 aromatic heterocycles. The molecule has 1 fully saturated rings. The summed E-state index contributed by atoms with van der Waals surface area (Å²) in [6.45, 7) is 6.91. The third kappa shape index (κ3) is 2.88. The van der Waals surface area contributed by atoms with Crippen molar-refractivity contribution in [3.05, 3.63) is 58.7 Å². The Hall–Kier alpha value is -2.42. The topological polar surface area (TPSA) is 32.7 Å². The third-order valence-electron chi connectivity index (χ3n) is 5.46. The largest absolute Gasteiger partial charge is 0.305 e. The molecule has 1 amide bonds. The number of benzene rings is 2. The summed E-state index contributed by atoms with van der Waals surface area (Å²) in [7, 11) is 0. The normalized spacial score (nSPS) is 19.3. The van der Waals surface area contributed by atoms with Gasteiger partial charge in [0.05, 0.1) is 23.8 Å². The van der Waals surface area contributed by atoms with Gasteiger partial charge in [-0.05, 0) is 68.9 Å². The van der Waals surface area contributed by atoms with E-state index in [0.29, 0.717) is 6.54 Å². The van der Waals surface area contributed by atoms with E-state index in [9.17, 15) is 4.79 Å². The molecule has 2 aromatic carbocycles. The second kappa shape index (κ2) is 6.14. The molecule has 2 aromatic rings. The van der Waals surface area contributed by atoms with Gasteiger partial charge in [0, 0.05) is 5.71 Å². The maximum absolute atomic E-state index is 13.3. The number of hydrogen-bond acceptors (Lipinski definition) is 2. The summed E-state index contributed by atoms with van der Waals surface area (Å²) < 4.78 is 0. The van der Waals surface area contributed by atoms with E-state index in [-0.39, 0.29) is 11.8 Å². The predicted molar refractivity (Wildman–Crippen MR) is 103 cm³/mol. The Morgan fingerprint density at radius 2 is 1.92 bits per heavy atom. The first-order chi connectivity index (χ1) is 12.0. The molecule has 1 atom stereocenters. The summed E-state index contributed by atoms with van der Waals surface area (Å²) in [5, 5.41) is 0. The molecule has 3 heteroatoms. The molecule has 1 aliphatic heterocycles. The van der Waals surface area contributed by atoms with Gasteiger partial charge in [-0.2, -0.15) is 0 Å². The van der Waals surface area contributed by atoms with Gasteiger partial charge >= 0.3 is 0 Å². The Balaban J connectivity index is 1.83. The number of aliphatic imine (C=N–C) groups is 1. The zero-order valence-corrected chi connectivity index (χ0v) is 15.2. The van der Waals surface area contributed by atoms with Crippen LogP contribution in [-0.2, 0) is 11.3 Å². The van der Waals surface area contributed by atoms with Crippen molar-refractivity contribution in [3.63, 3.8) is 0 Å². The molecular formula is C22H24N2O. The number of anilines is 1. The molecule has 0 saturated heterocycles. The lowest BCUT2D eigenvalue weighted by Crippen LogP contribution is -2.36. The molecule has 0 unspecified atom stereocenters. The fraction of sp³-hybridized carbons (Fsp3) is 0.364. The Labute approximate surface area is 149 Å². The van der Waals surface area contributed by atoms with Gasteiger partial charge in [-0.25, -0.2) is 0 Å². The average molecular weight is 332 g/mol. The lowest BCUT2D eigenvalue weighted by molar-refractivity contribution is -0.120. The molecule has 0 bridgehead atoms. The van der Waals surface area contributed by atoms with Gasteiger partial charge < -0.3 is 4.90 Å². The number of amides is 1. The number of hydrogen-bond donors (Lipinski definition) is 0. The number of carbonyl (C=O) groups excluding carboxylic acids is 1. The summed E-state index contributed by atoms with van der Waals surface area (Å²) in [5.41, 5.74) is 7.79. The molecule has 3 nitrogen and oxygen atoms in total. The van der Waals surface area contributed by atoms with E-state index in [1.165, 1.54) is 22.3 Å². The van der Waals surface area contributed by atoms with Gasteiger partial charge in [0.2, 0.25) is 5.91 Å². The zero-order valence-electron chi connectivity index (χ0n) is 15.2. The molecule has 1 saturated carbocycles. The Kier molecular flexibility index (Phi) is 3.95. The van der Waals surface area contributed by atoms with Crippen LogP contribution in [0.25, 0.3) is 0 Å². The van der Waals surface area contributed by atoms with Crippen LogP contribution >= 0.6 is 0 Å². The van der Waals surface area contributed by atoms with E-state index in [2.05, 4.69) is 57.2 Å². The highest BCUT2D eigenvalue weighted by Crippen LogP contribution is 2.40. The highest BCUT2D eigenvalue weighted by Gasteiger charge is 2.36. The van der Waals surface area contributed by atoms with Crippen molar-refractivity contribution in [2.75, 3.05) is 4.90 Å². The zero-order chi connectivity index (χ0) is 17.6. The number of rotatable bonds is 2. The second-order valence-corrected chi connectivity index (χ2v) is 7.39. The van der Waals surface area contributed by atoms with Crippen LogP contribution in [0.5, 0.6) is 0 Å². The lowest BCUT2D eigenvalue weighted by Gasteiger charge is -2.26. The average Bonchev–Trinajstić information content (AvgIpc) is 3.00. The standard InChI is InChI=1S/C22H24N2O/c1-14-6-4-7-17(10-14)13-24-21-12-16(3)15(2)11-20(21)23-19-9-5-8-18(19)22(24)25/h4,6-7,10-12,18H,5,8-9,13H2,1-3H3/t18-/m0/s1. The van der Waals surface area contributed by atoms with E-state index in [1.54, 1.807) is 0 Å². The summed E-state index contributed by atoms with van der Waals surface area (Å²) in [6.07, 6.45) is 2.93. The number of nitrogens with zero attached hydrogens (tertiary/aromatic N) is 2. The minimum Gasteiger partial charge on any atom is -0.305 e. The number of fused-ring (bicyclic) bond motifs is 2. The summed E-state index contributed by atoms with van der Waals surface area (Å²) in [6, 6.07) is 12.7. The van der Waals surface area contributed by atoms with E-state index >= 15 is 0 Å². The fourth-order valence-corrected chi connectivity index (χ4v) is 3.94. The highest BCUT2D eigenvalue weighted by molar-refractivity contribution is 6.15. The number of aryl methyl sites for hydroxylation is 3. The maximum atomic E-state index is 13.3. The Bertz CT molecular complexity index is 882. The molecule has 1 aliphatic carbocycles. The second-order valence-electron chi connectivity index (χ2n) is 7.39. The van der Waals surface area contributed by atoms with Crippen molar-refractivity contribution in [1.29, 1.82) is 0 Å². The highest BCUT2D eigenvalue weighted by atomic mass is 16.2. The molecule has 0 N–H and O–H groups in total. The predicted octanol–water partition coefficient (Wildman–Crippen LogP) is 5.03. The van der Waals surface area contributed by atoms with Crippen molar-refractivity contribution < 1.29 is 4.79 Å². The third-order valence-corrected chi connectivity index (χ3v) is 5.46. The van der Waals surface area contributed by atoms with Crippen LogP contribution in [0, 0.1) is 26.7 Å². The van der Waals surface area contributed by atoms with E-state index in [1.807, 2.05) is 4.90 Å². The molecular weight excluding hydrogens is 308 g/mol. The van der Waals surface area contributed by atoms with Crippen molar-refractivity contribution >= 4 is 23.0 Å². The quantitative estimate of drug-likeness (QED) is 0.759. The first-order valence-electron chi connectivity index (χ1n) is 9.08. The Morgan fingerprint density at radius 3 is 2.72 bits per heavy atom. The molecule has 25 heavy (non-hydrogen) atoms. The van der Waals surface area contributed by atoms with E-state index < -0.39 is 0 Å². The molecule has 0 radical (unpaired) electrons. The summed E-state index contributed by atoms with van der Waals surface area (Å²) >= 11 is 0. The van der Waals surface area contributed by atoms with E-state index in [4.69, 9.17) is 4.99 Å². The number of carbonyl (C=O) groups is 1. The van der Waals surface area contributed by atoms with Crippen molar-refractivity contribution in [2.24, 2.45) is 10.9 Å². The van der Waals surface area contributed by atoms with Crippen LogP contribution in [0.1, 0.15) is 41.5 Å². The molecule has 4 rings (SSSR count). The summed E-state index contributed by atoms with van der Waals surface area (Å²) in [5.74, 6) is 0.164. The maximum Gasteiger partial charge on any atom is 0.236 e. The van der Waals surface area contributed by atoms with Gasteiger partial charge in [-0.15, -0.1) is 0 Å². The SMILES string of the molecule is Cc1cccc(CN2C(=O)[C@H]3CCCC3=Nc3cc(C)c(C)cc32)c1. The van der Waals surface area contributed by atoms with Gasteiger partial charge in [0.1, 0.15) is 0 Å². The minimum atomic E-state index is -0.0437. The molecule has 2 aliphatic rings. The van der Waals surface area contributed by atoms with Crippen molar-refractivity contribution in [2.45, 2.75) is 46.6 Å². The van der Waals surface area contributed by atoms with Crippen LogP contribution in [0.2, 0.25) is 0 Å². The van der Waals surface area contributed by atoms with Crippen LogP contribution in [0.15, 0.2) is 41.4 Å². The molecule has 0 spiro atoms. The van der Waals surface area contributed by atoms with Gasteiger partial charge in [0.25, 0.3) is 0 Å². The first-order valence-corrected chi connectivity index (χ1v) is 9.08. The summed E-state index contributed by atoms with van der Waals surface area (Å²) in [4.78, 5) is 20.2. The van der Waals surface area contributed by atoms with Gasteiger partial charge in [0.15, 0.2) is 0 Å². The van der Waals surface area contributed by atoms with Gasteiger partial charge in [-0.1, -0.05) is 29.8 Å².